The molecule has 3 aromatic heterocycles. The molecule has 1 fully saturated rings. The van der Waals surface area contributed by atoms with E-state index in [0.29, 0.717) is 12.2 Å². The number of amides is 1. The number of thiazole rings is 2. The van der Waals surface area contributed by atoms with Gasteiger partial charge >= 0.3 is 0 Å². The minimum absolute atomic E-state index is 0.179. The number of morpholine rings is 1. The predicted octanol–water partition coefficient (Wildman–Crippen LogP) is 1.62. The summed E-state index contributed by atoms with van der Waals surface area (Å²) < 4.78 is 7.19. The number of nitrogens with one attached hydrogen (secondary N) is 1. The molecule has 4 rings (SSSR count). The van der Waals surface area contributed by atoms with Gasteiger partial charge in [0, 0.05) is 36.2 Å². The number of rotatable bonds is 4. The molecule has 1 aliphatic rings. The molecule has 0 spiro atoms. The lowest BCUT2D eigenvalue weighted by Crippen LogP contribution is -2.36. The maximum atomic E-state index is 12.2. The average molecular weight is 349 g/mol. The summed E-state index contributed by atoms with van der Waals surface area (Å²) in [5.74, 6) is -0.179. The van der Waals surface area contributed by atoms with Crippen LogP contribution < -0.4 is 10.2 Å². The standard InChI is InChI=1S/C14H15N5O2S2/c20-12(11-8-19-3-6-22-14(19)17-11)15-7-10-9-23-13(16-10)18-1-4-21-5-2-18/h3,6,8-9H,1-2,4-5,7H2,(H,15,20). The van der Waals surface area contributed by atoms with Gasteiger partial charge in [-0.1, -0.05) is 0 Å². The summed E-state index contributed by atoms with van der Waals surface area (Å²) in [6.07, 6.45) is 3.63. The molecule has 1 N–H and O–H groups in total. The Morgan fingerprint density at radius 3 is 3.00 bits per heavy atom. The van der Waals surface area contributed by atoms with E-state index in [4.69, 9.17) is 4.74 Å². The van der Waals surface area contributed by atoms with Crippen molar-refractivity contribution >= 4 is 38.7 Å². The van der Waals surface area contributed by atoms with Crippen LogP contribution in [0.15, 0.2) is 23.2 Å². The fourth-order valence-electron chi connectivity index (χ4n) is 2.38. The molecule has 0 aromatic carbocycles. The van der Waals surface area contributed by atoms with E-state index in [2.05, 4.69) is 20.2 Å². The highest BCUT2D eigenvalue weighted by Gasteiger charge is 2.16. The Hall–Kier alpha value is -1.97. The SMILES string of the molecule is O=C(NCc1csc(N2CCOCC2)n1)c1cn2ccsc2n1. The van der Waals surface area contributed by atoms with Crippen LogP contribution in [0.5, 0.6) is 0 Å². The van der Waals surface area contributed by atoms with E-state index in [0.717, 1.165) is 42.1 Å². The van der Waals surface area contributed by atoms with Crippen molar-refractivity contribution in [1.82, 2.24) is 19.7 Å². The molecule has 1 aliphatic heterocycles. The molecular formula is C14H15N5O2S2. The van der Waals surface area contributed by atoms with Gasteiger partial charge in [-0.25, -0.2) is 9.97 Å². The first-order chi connectivity index (χ1) is 11.3. The zero-order valence-electron chi connectivity index (χ0n) is 12.3. The van der Waals surface area contributed by atoms with Crippen LogP contribution in [-0.2, 0) is 11.3 Å². The second-order valence-electron chi connectivity index (χ2n) is 5.12. The van der Waals surface area contributed by atoms with Gasteiger partial charge in [0.15, 0.2) is 10.1 Å². The lowest BCUT2D eigenvalue weighted by atomic mass is 10.4. The summed E-state index contributed by atoms with van der Waals surface area (Å²) in [7, 11) is 0. The van der Waals surface area contributed by atoms with Crippen molar-refractivity contribution in [2.75, 3.05) is 31.2 Å². The van der Waals surface area contributed by atoms with Gasteiger partial charge in [0.05, 0.1) is 25.5 Å². The van der Waals surface area contributed by atoms with Crippen molar-refractivity contribution < 1.29 is 9.53 Å². The first-order valence-electron chi connectivity index (χ1n) is 7.27. The molecule has 7 nitrogen and oxygen atoms in total. The van der Waals surface area contributed by atoms with Crippen LogP contribution >= 0.6 is 22.7 Å². The maximum absolute atomic E-state index is 12.2. The number of imidazole rings is 1. The van der Waals surface area contributed by atoms with Crippen molar-refractivity contribution in [2.45, 2.75) is 6.54 Å². The molecule has 3 aromatic rings. The fourth-order valence-corrected chi connectivity index (χ4v) is 3.95. The molecule has 0 bridgehead atoms. The van der Waals surface area contributed by atoms with Crippen molar-refractivity contribution in [1.29, 1.82) is 0 Å². The van der Waals surface area contributed by atoms with E-state index >= 15 is 0 Å². The summed E-state index contributed by atoms with van der Waals surface area (Å²) in [5, 5.41) is 7.78. The zero-order chi connectivity index (χ0) is 15.6. The molecule has 0 unspecified atom stereocenters. The van der Waals surface area contributed by atoms with Gasteiger partial charge in [0.25, 0.3) is 5.91 Å². The van der Waals surface area contributed by atoms with E-state index in [1.54, 1.807) is 17.5 Å². The normalized spacial score (nSPS) is 15.2. The molecule has 4 heterocycles. The van der Waals surface area contributed by atoms with Gasteiger partial charge in [-0.3, -0.25) is 9.20 Å². The number of aromatic nitrogens is 3. The number of fused-ring (bicyclic) bond motifs is 1. The van der Waals surface area contributed by atoms with Crippen molar-refractivity contribution in [3.05, 3.63) is 34.5 Å². The third kappa shape index (κ3) is 3.07. The smallest absolute Gasteiger partial charge is 0.271 e. The Morgan fingerprint density at radius 1 is 1.30 bits per heavy atom. The molecule has 0 saturated carbocycles. The summed E-state index contributed by atoms with van der Waals surface area (Å²) in [6, 6.07) is 0. The highest BCUT2D eigenvalue weighted by molar-refractivity contribution is 7.15. The summed E-state index contributed by atoms with van der Waals surface area (Å²) in [6.45, 7) is 3.62. The van der Waals surface area contributed by atoms with Crippen LogP contribution in [0.4, 0.5) is 5.13 Å². The molecule has 120 valence electrons. The van der Waals surface area contributed by atoms with Crippen LogP contribution in [0.3, 0.4) is 0 Å². The summed E-state index contributed by atoms with van der Waals surface area (Å²) in [5.41, 5.74) is 1.30. The Bertz CT molecular complexity index is 789. The highest BCUT2D eigenvalue weighted by atomic mass is 32.1. The second kappa shape index (κ2) is 6.26. The lowest BCUT2D eigenvalue weighted by molar-refractivity contribution is 0.0946. The van der Waals surface area contributed by atoms with Crippen molar-refractivity contribution in [3.8, 4) is 0 Å². The third-order valence-electron chi connectivity index (χ3n) is 3.58. The number of ether oxygens (including phenoxy) is 1. The molecule has 0 aliphatic carbocycles. The van der Waals surface area contributed by atoms with Crippen LogP contribution in [0.1, 0.15) is 16.2 Å². The maximum Gasteiger partial charge on any atom is 0.271 e. The Kier molecular flexibility index (Phi) is 3.98. The molecule has 1 saturated heterocycles. The number of anilines is 1. The average Bonchev–Trinajstić information content (AvgIpc) is 3.29. The monoisotopic (exact) mass is 349 g/mol. The topological polar surface area (TPSA) is 71.8 Å². The third-order valence-corrected chi connectivity index (χ3v) is 5.30. The summed E-state index contributed by atoms with van der Waals surface area (Å²) >= 11 is 3.10. The Labute approximate surface area is 140 Å². The number of hydrogen-bond acceptors (Lipinski definition) is 7. The van der Waals surface area contributed by atoms with E-state index in [-0.39, 0.29) is 5.91 Å². The van der Waals surface area contributed by atoms with E-state index in [9.17, 15) is 4.79 Å². The van der Waals surface area contributed by atoms with Crippen LogP contribution in [0.25, 0.3) is 4.96 Å². The van der Waals surface area contributed by atoms with E-state index in [1.807, 2.05) is 21.4 Å². The van der Waals surface area contributed by atoms with Gasteiger partial charge in [-0.05, 0) is 0 Å². The van der Waals surface area contributed by atoms with E-state index in [1.165, 1.54) is 11.3 Å². The zero-order valence-corrected chi connectivity index (χ0v) is 13.9. The summed E-state index contributed by atoms with van der Waals surface area (Å²) in [4.78, 5) is 24.1. The van der Waals surface area contributed by atoms with E-state index < -0.39 is 0 Å². The lowest BCUT2D eigenvalue weighted by Gasteiger charge is -2.26. The molecule has 23 heavy (non-hydrogen) atoms. The van der Waals surface area contributed by atoms with Gasteiger partial charge in [-0.2, -0.15) is 0 Å². The Morgan fingerprint density at radius 2 is 2.17 bits per heavy atom. The molecule has 0 atom stereocenters. The van der Waals surface area contributed by atoms with Gasteiger partial charge in [0.2, 0.25) is 0 Å². The first kappa shape index (κ1) is 14.6. The van der Waals surface area contributed by atoms with Crippen LogP contribution in [0, 0.1) is 0 Å². The van der Waals surface area contributed by atoms with Crippen molar-refractivity contribution in [3.63, 3.8) is 0 Å². The first-order valence-corrected chi connectivity index (χ1v) is 9.03. The van der Waals surface area contributed by atoms with Crippen LogP contribution in [0.2, 0.25) is 0 Å². The number of carbonyl (C=O) groups is 1. The molecular weight excluding hydrogens is 334 g/mol. The van der Waals surface area contributed by atoms with Gasteiger partial charge in [0.1, 0.15) is 5.69 Å². The fraction of sp³-hybridized carbons (Fsp3) is 0.357. The Balaban J connectivity index is 1.37. The van der Waals surface area contributed by atoms with Gasteiger partial charge < -0.3 is 15.0 Å². The minimum atomic E-state index is -0.179. The molecule has 9 heteroatoms. The number of carbonyl (C=O) groups excluding carboxylic acids is 1. The minimum Gasteiger partial charge on any atom is -0.378 e. The largest absolute Gasteiger partial charge is 0.378 e. The quantitative estimate of drug-likeness (QED) is 0.775. The van der Waals surface area contributed by atoms with Crippen molar-refractivity contribution in [2.24, 2.45) is 0 Å². The predicted molar refractivity (Wildman–Crippen MR) is 89.4 cm³/mol. The number of hydrogen-bond donors (Lipinski definition) is 1. The van der Waals surface area contributed by atoms with Gasteiger partial charge in [-0.15, -0.1) is 22.7 Å². The number of nitrogens with zero attached hydrogens (tertiary/aromatic N) is 4. The molecule has 0 radical (unpaired) electrons. The van der Waals surface area contributed by atoms with Crippen LogP contribution in [-0.4, -0.2) is 46.6 Å². The highest BCUT2D eigenvalue weighted by Crippen LogP contribution is 2.21. The molecule has 1 amide bonds. The second-order valence-corrected chi connectivity index (χ2v) is 6.83.